The molecule has 1 heterocycles. The van der Waals surface area contributed by atoms with Crippen molar-refractivity contribution >= 4 is 40.6 Å². The van der Waals surface area contributed by atoms with Gasteiger partial charge in [-0.1, -0.05) is 29.3 Å². The van der Waals surface area contributed by atoms with Crippen molar-refractivity contribution in [2.45, 2.75) is 0 Å². The molecule has 0 spiro atoms. The van der Waals surface area contributed by atoms with Crippen LogP contribution in [0.4, 0.5) is 10.2 Å². The Labute approximate surface area is 117 Å². The predicted molar refractivity (Wildman–Crippen MR) is 68.9 cm³/mol. The van der Waals surface area contributed by atoms with Crippen molar-refractivity contribution in [3.05, 3.63) is 51.6 Å². The summed E-state index contributed by atoms with van der Waals surface area (Å²) in [5, 5.41) is 9.43. The average molecular weight is 311 g/mol. The zero-order valence-electron chi connectivity index (χ0n) is 8.74. The third-order valence-corrected chi connectivity index (χ3v) is 2.26. The van der Waals surface area contributed by atoms with Crippen LogP contribution in [0.3, 0.4) is 0 Å². The first-order valence-corrected chi connectivity index (χ1v) is 5.65. The zero-order valence-corrected chi connectivity index (χ0v) is 11.0. The molecule has 96 valence electrons. The van der Waals surface area contributed by atoms with Gasteiger partial charge in [-0.2, -0.15) is 4.98 Å². The van der Waals surface area contributed by atoms with E-state index in [1.807, 2.05) is 6.07 Å². The Morgan fingerprint density at radius 3 is 2.17 bits per heavy atom. The van der Waals surface area contributed by atoms with Crippen LogP contribution >= 0.6 is 34.8 Å². The topological polar surface area (TPSA) is 58.0 Å². The first-order valence-electron chi connectivity index (χ1n) is 4.52. The van der Waals surface area contributed by atoms with Gasteiger partial charge in [0.1, 0.15) is 0 Å². The van der Waals surface area contributed by atoms with Gasteiger partial charge < -0.3 is 0 Å². The molecule has 0 radical (unpaired) electrons. The molecule has 0 atom stereocenters. The summed E-state index contributed by atoms with van der Waals surface area (Å²) >= 11 is 16.4. The third kappa shape index (κ3) is 5.01. The Morgan fingerprint density at radius 1 is 1.17 bits per heavy atom. The third-order valence-electron chi connectivity index (χ3n) is 1.61. The van der Waals surface area contributed by atoms with Crippen LogP contribution < -0.4 is 5.48 Å². The number of nitrogens with one attached hydrogen (secondary N) is 1. The summed E-state index contributed by atoms with van der Waals surface area (Å²) in [6.45, 7) is 0. The van der Waals surface area contributed by atoms with Gasteiger partial charge >= 0.3 is 0 Å². The Kier molecular flexibility index (Phi) is 6.07. The van der Waals surface area contributed by atoms with E-state index < -0.39 is 5.82 Å². The summed E-state index contributed by atoms with van der Waals surface area (Å²) in [4.78, 5) is 6.62. The Balaban J connectivity index is 0.000000184. The van der Waals surface area contributed by atoms with Crippen LogP contribution in [0.2, 0.25) is 15.3 Å². The average Bonchev–Trinajstić information content (AvgIpc) is 2.33. The minimum atomic E-state index is -0.757. The Bertz CT molecular complexity index is 510. The van der Waals surface area contributed by atoms with Gasteiger partial charge in [-0.05, 0) is 29.8 Å². The van der Waals surface area contributed by atoms with Gasteiger partial charge in [0.25, 0.3) is 0 Å². The van der Waals surface area contributed by atoms with E-state index in [1.54, 1.807) is 18.2 Å². The van der Waals surface area contributed by atoms with Crippen LogP contribution in [0.5, 0.6) is 0 Å². The highest BCUT2D eigenvalue weighted by Gasteiger charge is 2.02. The number of halogens is 4. The Morgan fingerprint density at radius 2 is 1.78 bits per heavy atom. The summed E-state index contributed by atoms with van der Waals surface area (Å²) < 4.78 is 12.4. The smallest absolute Gasteiger partial charge is 0.224 e. The SMILES string of the molecule is Clc1cccc(Cl)c1.ONc1nc(Cl)ncc1F. The van der Waals surface area contributed by atoms with Gasteiger partial charge in [0, 0.05) is 10.0 Å². The highest BCUT2D eigenvalue weighted by atomic mass is 35.5. The van der Waals surface area contributed by atoms with E-state index in [2.05, 4.69) is 9.97 Å². The lowest BCUT2D eigenvalue weighted by Crippen LogP contribution is -1.98. The van der Waals surface area contributed by atoms with Crippen LogP contribution in [0.15, 0.2) is 30.5 Å². The molecule has 2 N–H and O–H groups in total. The second-order valence-corrected chi connectivity index (χ2v) is 4.10. The lowest BCUT2D eigenvalue weighted by Gasteiger charge is -1.97. The maximum atomic E-state index is 12.4. The standard InChI is InChI=1S/C6H4Cl2.C4H3ClFN3O/c7-5-2-1-3-6(8)4-5;5-4-7-1-2(6)3(8-4)9-10/h1-4H;1,10H,(H,7,8,9). The van der Waals surface area contributed by atoms with Crippen molar-refractivity contribution in [1.82, 2.24) is 9.97 Å². The van der Waals surface area contributed by atoms with E-state index in [1.165, 1.54) is 5.48 Å². The molecule has 8 heteroatoms. The molecular formula is C10H7Cl3FN3O. The summed E-state index contributed by atoms with van der Waals surface area (Å²) in [6, 6.07) is 7.08. The molecule has 1 aromatic carbocycles. The molecule has 0 saturated heterocycles. The summed E-state index contributed by atoms with van der Waals surface area (Å²) in [5.41, 5.74) is 1.53. The maximum Gasteiger partial charge on any atom is 0.224 e. The molecule has 0 aliphatic carbocycles. The van der Waals surface area contributed by atoms with E-state index in [4.69, 9.17) is 40.0 Å². The van der Waals surface area contributed by atoms with Gasteiger partial charge in [0.05, 0.1) is 6.20 Å². The number of rotatable bonds is 1. The number of benzene rings is 1. The van der Waals surface area contributed by atoms with Crippen LogP contribution in [0, 0.1) is 5.82 Å². The zero-order chi connectivity index (χ0) is 13.5. The quantitative estimate of drug-likeness (QED) is 0.616. The first-order chi connectivity index (χ1) is 8.52. The molecule has 2 rings (SSSR count). The first kappa shape index (κ1) is 14.9. The van der Waals surface area contributed by atoms with Gasteiger partial charge in [-0.25, -0.2) is 14.9 Å². The second kappa shape index (κ2) is 7.33. The van der Waals surface area contributed by atoms with Gasteiger partial charge in [0.15, 0.2) is 11.6 Å². The maximum absolute atomic E-state index is 12.4. The van der Waals surface area contributed by atoms with E-state index in [0.717, 1.165) is 6.20 Å². The van der Waals surface area contributed by atoms with E-state index in [9.17, 15) is 4.39 Å². The Hall–Kier alpha value is -1.14. The van der Waals surface area contributed by atoms with Crippen molar-refractivity contribution in [1.29, 1.82) is 0 Å². The largest absolute Gasteiger partial charge is 0.290 e. The van der Waals surface area contributed by atoms with Crippen LogP contribution in [0.1, 0.15) is 0 Å². The molecule has 0 bridgehead atoms. The fourth-order valence-electron chi connectivity index (χ4n) is 0.884. The minimum absolute atomic E-state index is 0.127. The van der Waals surface area contributed by atoms with Crippen molar-refractivity contribution in [2.75, 3.05) is 5.48 Å². The van der Waals surface area contributed by atoms with E-state index >= 15 is 0 Å². The van der Waals surface area contributed by atoms with Crippen LogP contribution in [-0.2, 0) is 0 Å². The molecule has 0 unspecified atom stereocenters. The molecule has 1 aromatic heterocycles. The summed E-state index contributed by atoms with van der Waals surface area (Å²) in [7, 11) is 0. The molecular weight excluding hydrogens is 303 g/mol. The molecule has 2 aromatic rings. The van der Waals surface area contributed by atoms with Crippen LogP contribution in [0.25, 0.3) is 0 Å². The molecule has 4 nitrogen and oxygen atoms in total. The summed E-state index contributed by atoms with van der Waals surface area (Å²) in [6.07, 6.45) is 0.855. The van der Waals surface area contributed by atoms with Gasteiger partial charge in [0.2, 0.25) is 5.28 Å². The number of aromatic nitrogens is 2. The number of hydrogen-bond donors (Lipinski definition) is 2. The second-order valence-electron chi connectivity index (χ2n) is 2.89. The van der Waals surface area contributed by atoms with Gasteiger partial charge in [-0.15, -0.1) is 0 Å². The fraction of sp³-hybridized carbons (Fsp3) is 0. The van der Waals surface area contributed by atoms with Crippen molar-refractivity contribution in [2.24, 2.45) is 0 Å². The van der Waals surface area contributed by atoms with E-state index in [0.29, 0.717) is 10.0 Å². The number of anilines is 1. The minimum Gasteiger partial charge on any atom is -0.290 e. The monoisotopic (exact) mass is 309 g/mol. The highest BCUT2D eigenvalue weighted by Crippen LogP contribution is 2.14. The number of nitrogens with zero attached hydrogens (tertiary/aromatic N) is 2. The van der Waals surface area contributed by atoms with Crippen LogP contribution in [-0.4, -0.2) is 15.2 Å². The highest BCUT2D eigenvalue weighted by molar-refractivity contribution is 6.34. The molecule has 0 saturated carbocycles. The molecule has 18 heavy (non-hydrogen) atoms. The fourth-order valence-corrected chi connectivity index (χ4v) is 1.45. The lowest BCUT2D eigenvalue weighted by molar-refractivity contribution is 0.380. The van der Waals surface area contributed by atoms with Gasteiger partial charge in [-0.3, -0.25) is 5.21 Å². The summed E-state index contributed by atoms with van der Waals surface area (Å²) in [5.74, 6) is -1.09. The normalized spacial score (nSPS) is 9.39. The lowest BCUT2D eigenvalue weighted by atomic mass is 10.4. The predicted octanol–water partition coefficient (Wildman–Crippen LogP) is 4.06. The molecule has 0 fully saturated rings. The molecule has 0 aliphatic rings. The molecule has 0 amide bonds. The van der Waals surface area contributed by atoms with E-state index in [-0.39, 0.29) is 11.1 Å². The van der Waals surface area contributed by atoms with Crippen molar-refractivity contribution < 1.29 is 9.60 Å². The number of hydrogen-bond acceptors (Lipinski definition) is 4. The van der Waals surface area contributed by atoms with Crippen molar-refractivity contribution in [3.63, 3.8) is 0 Å². The molecule has 0 aliphatic heterocycles. The van der Waals surface area contributed by atoms with Crippen molar-refractivity contribution in [3.8, 4) is 0 Å².